The van der Waals surface area contributed by atoms with E-state index in [1.54, 1.807) is 17.0 Å². The second-order valence-electron chi connectivity index (χ2n) is 6.87. The van der Waals surface area contributed by atoms with Gasteiger partial charge < -0.3 is 15.1 Å². The molecule has 0 aromatic heterocycles. The molecule has 2 saturated heterocycles. The number of hydrogen-bond donors (Lipinski definition) is 1. The molecule has 0 unspecified atom stereocenters. The maximum atomic E-state index is 12.6. The Bertz CT molecular complexity index is 609. The molecule has 0 saturated carbocycles. The number of nitrogens with zero attached hydrogens (tertiary/aromatic N) is 2. The van der Waals surface area contributed by atoms with Gasteiger partial charge in [-0.3, -0.25) is 4.79 Å². The van der Waals surface area contributed by atoms with E-state index in [9.17, 15) is 9.59 Å². The molecule has 3 amide bonds. The van der Waals surface area contributed by atoms with Gasteiger partial charge in [-0.1, -0.05) is 11.6 Å². The summed E-state index contributed by atoms with van der Waals surface area (Å²) in [5.74, 6) is 0.0300. The number of halogens is 1. The third-order valence-corrected chi connectivity index (χ3v) is 5.27. The molecule has 6 heteroatoms. The topological polar surface area (TPSA) is 52.7 Å². The zero-order valence-corrected chi connectivity index (χ0v) is 14.9. The highest BCUT2D eigenvalue weighted by Crippen LogP contribution is 2.25. The van der Waals surface area contributed by atoms with E-state index in [4.69, 9.17) is 11.6 Å². The van der Waals surface area contributed by atoms with Gasteiger partial charge in [0.1, 0.15) is 0 Å². The summed E-state index contributed by atoms with van der Waals surface area (Å²) >= 11 is 5.90. The van der Waals surface area contributed by atoms with Gasteiger partial charge in [0.15, 0.2) is 0 Å². The molecule has 1 aromatic carbocycles. The van der Waals surface area contributed by atoms with E-state index in [1.165, 1.54) is 6.42 Å². The molecule has 3 atom stereocenters. The smallest absolute Gasteiger partial charge is 0.318 e. The monoisotopic (exact) mass is 349 g/mol. The highest BCUT2D eigenvalue weighted by Gasteiger charge is 2.35. The van der Waals surface area contributed by atoms with E-state index < -0.39 is 0 Å². The average Bonchev–Trinajstić information content (AvgIpc) is 2.88. The standard InChI is InChI=1S/C18H24ClN3O2/c1-12-4-3-5-13(2)22(12)18(24)20-15-10-17(23)21(11-15)16-8-6-14(19)7-9-16/h6-9,12-13,15H,3-5,10-11H2,1-2H3,(H,20,24)/t12-,13-,15-/m1/s1. The molecule has 0 radical (unpaired) electrons. The first-order valence-electron chi connectivity index (χ1n) is 8.60. The van der Waals surface area contributed by atoms with Gasteiger partial charge in [0, 0.05) is 35.8 Å². The van der Waals surface area contributed by atoms with Crippen molar-refractivity contribution in [3.63, 3.8) is 0 Å². The van der Waals surface area contributed by atoms with Crippen LogP contribution in [-0.4, -0.2) is 41.5 Å². The zero-order chi connectivity index (χ0) is 17.3. The number of carbonyl (C=O) groups excluding carboxylic acids is 2. The number of anilines is 1. The van der Waals surface area contributed by atoms with Gasteiger partial charge in [0.2, 0.25) is 5.91 Å². The number of hydrogen-bond acceptors (Lipinski definition) is 2. The maximum absolute atomic E-state index is 12.6. The van der Waals surface area contributed by atoms with Crippen molar-refractivity contribution in [2.75, 3.05) is 11.4 Å². The van der Waals surface area contributed by atoms with Crippen molar-refractivity contribution in [2.24, 2.45) is 0 Å². The Hall–Kier alpha value is -1.75. The largest absolute Gasteiger partial charge is 0.333 e. The van der Waals surface area contributed by atoms with Gasteiger partial charge in [-0.15, -0.1) is 0 Å². The Balaban J connectivity index is 1.63. The van der Waals surface area contributed by atoms with E-state index >= 15 is 0 Å². The van der Waals surface area contributed by atoms with Crippen LogP contribution in [0.2, 0.25) is 5.02 Å². The van der Waals surface area contributed by atoms with Crippen molar-refractivity contribution >= 4 is 29.2 Å². The second-order valence-corrected chi connectivity index (χ2v) is 7.30. The number of urea groups is 1. The third-order valence-electron chi connectivity index (χ3n) is 5.02. The number of nitrogens with one attached hydrogen (secondary N) is 1. The fraction of sp³-hybridized carbons (Fsp3) is 0.556. The summed E-state index contributed by atoms with van der Waals surface area (Å²) in [7, 11) is 0. The van der Waals surface area contributed by atoms with Crippen molar-refractivity contribution < 1.29 is 9.59 Å². The van der Waals surface area contributed by atoms with Crippen molar-refractivity contribution in [1.82, 2.24) is 10.2 Å². The quantitative estimate of drug-likeness (QED) is 0.889. The molecule has 24 heavy (non-hydrogen) atoms. The molecule has 1 aromatic rings. The lowest BCUT2D eigenvalue weighted by Crippen LogP contribution is -2.54. The number of amides is 3. The minimum absolute atomic E-state index is 0.0300. The van der Waals surface area contributed by atoms with Gasteiger partial charge in [0.05, 0.1) is 6.04 Å². The summed E-state index contributed by atoms with van der Waals surface area (Å²) in [6.07, 6.45) is 3.58. The number of carbonyl (C=O) groups is 2. The Morgan fingerprint density at radius 2 is 1.79 bits per heavy atom. The van der Waals surface area contributed by atoms with Crippen LogP contribution in [0.15, 0.2) is 24.3 Å². The minimum Gasteiger partial charge on any atom is -0.333 e. The highest BCUT2D eigenvalue weighted by atomic mass is 35.5. The third kappa shape index (κ3) is 3.51. The van der Waals surface area contributed by atoms with E-state index in [0.29, 0.717) is 18.0 Å². The fourth-order valence-corrected chi connectivity index (χ4v) is 3.87. The molecule has 2 aliphatic rings. The molecule has 0 bridgehead atoms. The maximum Gasteiger partial charge on any atom is 0.318 e. The van der Waals surface area contributed by atoms with Crippen LogP contribution >= 0.6 is 11.6 Å². The first-order chi connectivity index (χ1) is 11.5. The predicted octanol–water partition coefficient (Wildman–Crippen LogP) is 3.42. The molecule has 0 spiro atoms. The van der Waals surface area contributed by atoms with E-state index in [2.05, 4.69) is 19.2 Å². The second kappa shape index (κ2) is 7.01. The molecular weight excluding hydrogens is 326 g/mol. The van der Waals surface area contributed by atoms with Crippen molar-refractivity contribution in [3.05, 3.63) is 29.3 Å². The summed E-state index contributed by atoms with van der Waals surface area (Å²) in [6, 6.07) is 7.50. The van der Waals surface area contributed by atoms with Gasteiger partial charge in [0.25, 0.3) is 0 Å². The van der Waals surface area contributed by atoms with Crippen LogP contribution in [0.5, 0.6) is 0 Å². The lowest BCUT2D eigenvalue weighted by Gasteiger charge is -2.39. The van der Waals surface area contributed by atoms with Gasteiger partial charge in [-0.2, -0.15) is 0 Å². The number of piperidine rings is 1. The van der Waals surface area contributed by atoms with E-state index in [-0.39, 0.29) is 30.1 Å². The summed E-state index contributed by atoms with van der Waals surface area (Å²) in [5, 5.41) is 3.69. The Labute approximate surface area is 147 Å². The van der Waals surface area contributed by atoms with E-state index in [1.807, 2.05) is 17.0 Å². The molecule has 2 fully saturated rings. The SMILES string of the molecule is C[C@@H]1CCC[C@@H](C)N1C(=O)N[C@@H]1CC(=O)N(c2ccc(Cl)cc2)C1. The van der Waals surface area contributed by atoms with Crippen molar-refractivity contribution in [2.45, 2.75) is 57.7 Å². The van der Waals surface area contributed by atoms with Crippen LogP contribution in [-0.2, 0) is 4.79 Å². The summed E-state index contributed by atoms with van der Waals surface area (Å²) < 4.78 is 0. The number of likely N-dealkylation sites (tertiary alicyclic amines) is 1. The summed E-state index contributed by atoms with van der Waals surface area (Å²) in [6.45, 7) is 4.69. The van der Waals surface area contributed by atoms with Gasteiger partial charge in [-0.25, -0.2) is 4.79 Å². The Morgan fingerprint density at radius 3 is 2.42 bits per heavy atom. The number of rotatable bonds is 2. The van der Waals surface area contributed by atoms with Crippen LogP contribution in [0, 0.1) is 0 Å². The lowest BCUT2D eigenvalue weighted by atomic mass is 9.98. The van der Waals surface area contributed by atoms with Crippen LogP contribution in [0.3, 0.4) is 0 Å². The fourth-order valence-electron chi connectivity index (χ4n) is 3.75. The zero-order valence-electron chi connectivity index (χ0n) is 14.2. The van der Waals surface area contributed by atoms with Crippen LogP contribution in [0.4, 0.5) is 10.5 Å². The summed E-state index contributed by atoms with van der Waals surface area (Å²) in [4.78, 5) is 28.6. The molecule has 3 rings (SSSR count). The average molecular weight is 350 g/mol. The van der Waals surface area contributed by atoms with Gasteiger partial charge in [-0.05, 0) is 57.4 Å². The van der Waals surface area contributed by atoms with E-state index in [0.717, 1.165) is 18.5 Å². The first kappa shape index (κ1) is 17.1. The van der Waals surface area contributed by atoms with Crippen molar-refractivity contribution in [1.29, 1.82) is 0 Å². The molecule has 2 heterocycles. The Kier molecular flexibility index (Phi) is 4.99. The molecule has 1 N–H and O–H groups in total. The normalized spacial score (nSPS) is 27.5. The van der Waals surface area contributed by atoms with Gasteiger partial charge >= 0.3 is 6.03 Å². The van der Waals surface area contributed by atoms with Crippen molar-refractivity contribution in [3.8, 4) is 0 Å². The molecular formula is C18H24ClN3O2. The number of benzene rings is 1. The molecule has 5 nitrogen and oxygen atoms in total. The minimum atomic E-state index is -0.151. The van der Waals surface area contributed by atoms with Crippen LogP contribution in [0.25, 0.3) is 0 Å². The van der Waals surface area contributed by atoms with Crippen LogP contribution < -0.4 is 10.2 Å². The predicted molar refractivity (Wildman–Crippen MR) is 95.4 cm³/mol. The molecule has 130 valence electrons. The Morgan fingerprint density at radius 1 is 1.17 bits per heavy atom. The highest BCUT2D eigenvalue weighted by molar-refractivity contribution is 6.30. The molecule has 0 aliphatic carbocycles. The first-order valence-corrected chi connectivity index (χ1v) is 8.98. The molecule has 2 aliphatic heterocycles. The lowest BCUT2D eigenvalue weighted by molar-refractivity contribution is -0.117. The summed E-state index contributed by atoms with van der Waals surface area (Å²) in [5.41, 5.74) is 0.820. The van der Waals surface area contributed by atoms with Crippen LogP contribution in [0.1, 0.15) is 39.5 Å².